The van der Waals surface area contributed by atoms with Crippen molar-refractivity contribution in [3.8, 4) is 0 Å². The molecule has 0 unspecified atom stereocenters. The molecule has 0 N–H and O–H groups in total. The maximum atomic E-state index is 13.3. The number of benzene rings is 1. The molecule has 0 aliphatic carbocycles. The van der Waals surface area contributed by atoms with E-state index in [0.717, 1.165) is 16.3 Å². The second kappa shape index (κ2) is 7.81. The van der Waals surface area contributed by atoms with E-state index in [1.165, 1.54) is 4.31 Å². The van der Waals surface area contributed by atoms with Crippen molar-refractivity contribution in [1.29, 1.82) is 0 Å². The van der Waals surface area contributed by atoms with Gasteiger partial charge in [0, 0.05) is 44.3 Å². The maximum Gasteiger partial charge on any atom is 0.241 e. The number of fused-ring (bicyclic) bond motifs is 1. The highest BCUT2D eigenvalue weighted by molar-refractivity contribution is 7.89. The maximum absolute atomic E-state index is 13.3. The normalized spacial score (nSPS) is 20.8. The number of thiazole rings is 1. The lowest BCUT2D eigenvalue weighted by molar-refractivity contribution is -0.136. The van der Waals surface area contributed by atoms with Gasteiger partial charge in [0.25, 0.3) is 0 Å². The minimum absolute atomic E-state index is 0.00320. The van der Waals surface area contributed by atoms with Gasteiger partial charge in [0.1, 0.15) is 6.04 Å². The zero-order valence-electron chi connectivity index (χ0n) is 15.8. The number of amides is 1. The molecule has 1 aromatic heterocycles. The zero-order chi connectivity index (χ0) is 19.7. The summed E-state index contributed by atoms with van der Waals surface area (Å²) in [5.74, 6) is -0.0955. The Bertz CT molecular complexity index is 938. The van der Waals surface area contributed by atoms with Gasteiger partial charge in [-0.25, -0.2) is 13.4 Å². The molecule has 0 radical (unpaired) electrons. The van der Waals surface area contributed by atoms with Crippen LogP contribution in [0.2, 0.25) is 0 Å². The molecule has 1 amide bonds. The highest BCUT2D eigenvalue weighted by Crippen LogP contribution is 2.28. The molecule has 0 bridgehead atoms. The summed E-state index contributed by atoms with van der Waals surface area (Å²) >= 11 is 1.59. The van der Waals surface area contributed by atoms with Crippen molar-refractivity contribution < 1.29 is 13.2 Å². The first-order chi connectivity index (χ1) is 13.5. The molecule has 0 spiro atoms. The van der Waals surface area contributed by atoms with Gasteiger partial charge in [0.05, 0.1) is 5.75 Å². The van der Waals surface area contributed by atoms with Gasteiger partial charge < -0.3 is 9.80 Å². The van der Waals surface area contributed by atoms with E-state index in [2.05, 4.69) is 9.88 Å². The summed E-state index contributed by atoms with van der Waals surface area (Å²) in [6.07, 6.45) is 2.21. The van der Waals surface area contributed by atoms with Crippen LogP contribution in [-0.4, -0.2) is 66.5 Å². The van der Waals surface area contributed by atoms with E-state index in [-0.39, 0.29) is 18.2 Å². The van der Waals surface area contributed by atoms with Crippen LogP contribution >= 0.6 is 11.3 Å². The number of aromatic nitrogens is 1. The van der Waals surface area contributed by atoms with Gasteiger partial charge in [0.15, 0.2) is 5.13 Å². The molecule has 2 aliphatic rings. The van der Waals surface area contributed by atoms with Gasteiger partial charge in [-0.1, -0.05) is 24.3 Å². The van der Waals surface area contributed by atoms with E-state index in [9.17, 15) is 13.2 Å². The fraction of sp³-hybridized carbons (Fsp3) is 0.474. The molecule has 1 aromatic carbocycles. The number of rotatable bonds is 4. The zero-order valence-corrected chi connectivity index (χ0v) is 17.5. The molecular formula is C19H24N4O3S2. The van der Waals surface area contributed by atoms with E-state index >= 15 is 0 Å². The van der Waals surface area contributed by atoms with Crippen molar-refractivity contribution >= 4 is 32.4 Å². The Kier molecular flexibility index (Phi) is 5.39. The molecule has 1 saturated heterocycles. The van der Waals surface area contributed by atoms with Gasteiger partial charge in [0.2, 0.25) is 15.9 Å². The summed E-state index contributed by atoms with van der Waals surface area (Å²) < 4.78 is 26.8. The van der Waals surface area contributed by atoms with E-state index in [4.69, 9.17) is 0 Å². The second-order valence-electron chi connectivity index (χ2n) is 7.06. The number of carbonyl (C=O) groups excluding carboxylic acids is 1. The van der Waals surface area contributed by atoms with Crippen molar-refractivity contribution in [2.45, 2.75) is 25.9 Å². The third-order valence-electron chi connectivity index (χ3n) is 5.49. The fourth-order valence-corrected chi connectivity index (χ4v) is 5.79. The van der Waals surface area contributed by atoms with Crippen LogP contribution in [0.25, 0.3) is 0 Å². The predicted octanol–water partition coefficient (Wildman–Crippen LogP) is 1.57. The Morgan fingerprint density at radius 2 is 1.89 bits per heavy atom. The number of anilines is 1. The Balaban J connectivity index is 1.53. The van der Waals surface area contributed by atoms with E-state index < -0.39 is 16.1 Å². The Morgan fingerprint density at radius 3 is 2.54 bits per heavy atom. The van der Waals surface area contributed by atoms with Crippen molar-refractivity contribution in [3.63, 3.8) is 0 Å². The van der Waals surface area contributed by atoms with Crippen LogP contribution in [-0.2, 0) is 27.8 Å². The van der Waals surface area contributed by atoms with Gasteiger partial charge in [-0.2, -0.15) is 4.31 Å². The highest BCUT2D eigenvalue weighted by atomic mass is 32.2. The Labute approximate surface area is 169 Å². The lowest BCUT2D eigenvalue weighted by atomic mass is 9.95. The number of hydrogen-bond acceptors (Lipinski definition) is 6. The van der Waals surface area contributed by atoms with Crippen LogP contribution in [0, 0.1) is 0 Å². The first-order valence-electron chi connectivity index (χ1n) is 9.49. The summed E-state index contributed by atoms with van der Waals surface area (Å²) in [6, 6.07) is 7.13. The number of carbonyl (C=O) groups is 1. The molecule has 2 aromatic rings. The molecular weight excluding hydrogens is 396 g/mol. The standard InChI is InChI=1S/C19H24N4O3S2/c1-2-28(25,26)23-14-16-6-4-3-5-15(16)13-17(23)18(24)21-8-10-22(11-9-21)19-20-7-12-27-19/h3-7,12,17H,2,8-11,13-14H2,1H3/t17-/m0/s1. The fourth-order valence-electron chi connectivity index (χ4n) is 3.87. The number of hydrogen-bond donors (Lipinski definition) is 0. The van der Waals surface area contributed by atoms with Crippen molar-refractivity contribution in [2.75, 3.05) is 36.8 Å². The molecule has 9 heteroatoms. The minimum Gasteiger partial charge on any atom is -0.345 e. The molecule has 7 nitrogen and oxygen atoms in total. The van der Waals surface area contributed by atoms with Crippen molar-refractivity contribution in [2.24, 2.45) is 0 Å². The topological polar surface area (TPSA) is 73.8 Å². The molecule has 150 valence electrons. The molecule has 1 atom stereocenters. The van der Waals surface area contributed by atoms with Crippen LogP contribution < -0.4 is 4.90 Å². The lowest BCUT2D eigenvalue weighted by Gasteiger charge is -2.40. The summed E-state index contributed by atoms with van der Waals surface area (Å²) in [7, 11) is -3.48. The van der Waals surface area contributed by atoms with Crippen molar-refractivity contribution in [1.82, 2.24) is 14.2 Å². The van der Waals surface area contributed by atoms with Crippen LogP contribution in [0.3, 0.4) is 0 Å². The molecule has 3 heterocycles. The molecule has 0 saturated carbocycles. The largest absolute Gasteiger partial charge is 0.345 e. The van der Waals surface area contributed by atoms with Gasteiger partial charge in [-0.3, -0.25) is 4.79 Å². The predicted molar refractivity (Wildman–Crippen MR) is 110 cm³/mol. The average molecular weight is 421 g/mol. The van der Waals surface area contributed by atoms with Gasteiger partial charge >= 0.3 is 0 Å². The third kappa shape index (κ3) is 3.66. The third-order valence-corrected chi connectivity index (χ3v) is 8.15. The van der Waals surface area contributed by atoms with Crippen molar-refractivity contribution in [3.05, 3.63) is 47.0 Å². The van der Waals surface area contributed by atoms with E-state index in [1.54, 1.807) is 29.4 Å². The SMILES string of the molecule is CCS(=O)(=O)N1Cc2ccccc2C[C@H]1C(=O)N1CCN(c2nccs2)CC1. The summed E-state index contributed by atoms with van der Waals surface area (Å²) in [5.41, 5.74) is 2.04. The number of sulfonamides is 1. The lowest BCUT2D eigenvalue weighted by Crippen LogP contribution is -2.57. The average Bonchev–Trinajstić information content (AvgIpc) is 3.27. The van der Waals surface area contributed by atoms with Crippen LogP contribution in [0.5, 0.6) is 0 Å². The first-order valence-corrected chi connectivity index (χ1v) is 12.0. The van der Waals surface area contributed by atoms with Gasteiger partial charge in [-0.15, -0.1) is 11.3 Å². The molecule has 28 heavy (non-hydrogen) atoms. The van der Waals surface area contributed by atoms with Crippen LogP contribution in [0.15, 0.2) is 35.8 Å². The Hall–Kier alpha value is -1.97. The second-order valence-corrected chi connectivity index (χ2v) is 10.1. The minimum atomic E-state index is -3.48. The number of piperazine rings is 1. The highest BCUT2D eigenvalue weighted by Gasteiger charge is 2.40. The summed E-state index contributed by atoms with van der Waals surface area (Å²) in [6.45, 7) is 4.48. The molecule has 2 aliphatic heterocycles. The smallest absolute Gasteiger partial charge is 0.241 e. The van der Waals surface area contributed by atoms with Crippen LogP contribution in [0.1, 0.15) is 18.1 Å². The quantitative estimate of drug-likeness (QED) is 0.751. The summed E-state index contributed by atoms with van der Waals surface area (Å²) in [5, 5.41) is 2.91. The number of nitrogens with zero attached hydrogens (tertiary/aromatic N) is 4. The van der Waals surface area contributed by atoms with E-state index in [1.807, 2.05) is 29.6 Å². The van der Waals surface area contributed by atoms with E-state index in [0.29, 0.717) is 32.6 Å². The Morgan fingerprint density at radius 1 is 1.18 bits per heavy atom. The molecule has 4 rings (SSSR count). The summed E-state index contributed by atoms with van der Waals surface area (Å²) in [4.78, 5) is 21.6. The van der Waals surface area contributed by atoms with Gasteiger partial charge in [-0.05, 0) is 24.5 Å². The monoisotopic (exact) mass is 420 g/mol. The molecule has 1 fully saturated rings. The first kappa shape index (κ1) is 19.4. The van der Waals surface area contributed by atoms with Crippen LogP contribution in [0.4, 0.5) is 5.13 Å².